The molecule has 4 rings (SSSR count). The summed E-state index contributed by atoms with van der Waals surface area (Å²) in [5.74, 6) is -0.997. The Labute approximate surface area is 286 Å². The van der Waals surface area contributed by atoms with E-state index in [1.54, 1.807) is 55.5 Å². The summed E-state index contributed by atoms with van der Waals surface area (Å²) in [6, 6.07) is 26.0. The Morgan fingerprint density at radius 2 is 1.46 bits per heavy atom. The van der Waals surface area contributed by atoms with Crippen LogP contribution in [-0.4, -0.2) is 44.3 Å². The lowest BCUT2D eigenvalue weighted by Gasteiger charge is -2.34. The number of sulfonamides is 1. The molecule has 1 N–H and O–H groups in total. The third kappa shape index (κ3) is 8.82. The molecule has 4 aromatic rings. The first kappa shape index (κ1) is 35.3. The fourth-order valence-corrected chi connectivity index (χ4v) is 7.02. The average Bonchev–Trinajstić information content (AvgIpc) is 3.05. The van der Waals surface area contributed by atoms with Gasteiger partial charge in [0, 0.05) is 40.1 Å². The summed E-state index contributed by atoms with van der Waals surface area (Å²) in [5.41, 5.74) is 2.21. The second kappa shape index (κ2) is 16.3. The number of benzene rings is 4. The standard InChI is InChI=1S/C35H36Cl3N3O4S/c1-3-4-20-39-35(43)33(21-26-12-7-5-8-13-26)40(23-29-30(36)16-11-17-31(29)37)34(42)24-41(27-19-18-25(2)32(38)22-27)46(44,45)28-14-9-6-10-15-28/h5-19,22,33H,3-4,20-21,23-24H2,1-2H3,(H,39,43). The number of hydrogen-bond donors (Lipinski definition) is 1. The van der Waals surface area contributed by atoms with Crippen LogP contribution in [0.4, 0.5) is 5.69 Å². The molecule has 0 saturated heterocycles. The van der Waals surface area contributed by atoms with E-state index in [0.717, 1.165) is 28.3 Å². The summed E-state index contributed by atoms with van der Waals surface area (Å²) in [6.07, 6.45) is 1.80. The Morgan fingerprint density at radius 1 is 0.826 bits per heavy atom. The zero-order valence-electron chi connectivity index (χ0n) is 25.6. The van der Waals surface area contributed by atoms with Gasteiger partial charge in [-0.15, -0.1) is 0 Å². The Bertz CT molecular complexity index is 1740. The van der Waals surface area contributed by atoms with Crippen molar-refractivity contribution in [2.75, 3.05) is 17.4 Å². The molecule has 0 fully saturated rings. The van der Waals surface area contributed by atoms with Gasteiger partial charge < -0.3 is 10.2 Å². The molecule has 46 heavy (non-hydrogen) atoms. The van der Waals surface area contributed by atoms with E-state index in [9.17, 15) is 18.0 Å². The minimum atomic E-state index is -4.25. The maximum atomic E-state index is 14.6. The van der Waals surface area contributed by atoms with Crippen molar-refractivity contribution in [3.05, 3.63) is 129 Å². The zero-order valence-corrected chi connectivity index (χ0v) is 28.7. The molecule has 7 nitrogen and oxygen atoms in total. The van der Waals surface area contributed by atoms with Crippen LogP contribution in [0.5, 0.6) is 0 Å². The van der Waals surface area contributed by atoms with Crippen molar-refractivity contribution in [1.82, 2.24) is 10.2 Å². The molecule has 0 aliphatic rings. The van der Waals surface area contributed by atoms with E-state index in [4.69, 9.17) is 34.8 Å². The molecule has 2 amide bonds. The number of carbonyl (C=O) groups excluding carboxylic acids is 2. The highest BCUT2D eigenvalue weighted by molar-refractivity contribution is 7.92. The van der Waals surface area contributed by atoms with E-state index in [0.29, 0.717) is 27.2 Å². The molecule has 0 saturated carbocycles. The van der Waals surface area contributed by atoms with Gasteiger partial charge in [-0.05, 0) is 60.9 Å². The summed E-state index contributed by atoms with van der Waals surface area (Å²) in [5, 5.41) is 3.93. The third-order valence-electron chi connectivity index (χ3n) is 7.54. The lowest BCUT2D eigenvalue weighted by Crippen LogP contribution is -2.53. The quantitative estimate of drug-likeness (QED) is 0.137. The lowest BCUT2D eigenvalue weighted by atomic mass is 10.0. The van der Waals surface area contributed by atoms with Crippen LogP contribution in [-0.2, 0) is 32.6 Å². The van der Waals surface area contributed by atoms with Crippen molar-refractivity contribution >= 4 is 62.3 Å². The molecule has 0 aliphatic carbocycles. The molecule has 0 aromatic heterocycles. The highest BCUT2D eigenvalue weighted by atomic mass is 35.5. The van der Waals surface area contributed by atoms with Crippen molar-refractivity contribution in [3.63, 3.8) is 0 Å². The van der Waals surface area contributed by atoms with Crippen molar-refractivity contribution in [1.29, 1.82) is 0 Å². The lowest BCUT2D eigenvalue weighted by molar-refractivity contribution is -0.140. The molecule has 0 heterocycles. The smallest absolute Gasteiger partial charge is 0.264 e. The van der Waals surface area contributed by atoms with Crippen LogP contribution in [0.15, 0.2) is 102 Å². The van der Waals surface area contributed by atoms with E-state index >= 15 is 0 Å². The van der Waals surface area contributed by atoms with E-state index < -0.39 is 28.5 Å². The second-order valence-electron chi connectivity index (χ2n) is 10.8. The third-order valence-corrected chi connectivity index (χ3v) is 10.4. The largest absolute Gasteiger partial charge is 0.354 e. The van der Waals surface area contributed by atoms with Gasteiger partial charge in [-0.2, -0.15) is 0 Å². The number of rotatable bonds is 14. The minimum absolute atomic E-state index is 0.00154. The average molecular weight is 701 g/mol. The molecular formula is C35H36Cl3N3O4S. The summed E-state index contributed by atoms with van der Waals surface area (Å²) in [7, 11) is -4.25. The van der Waals surface area contributed by atoms with Crippen LogP contribution < -0.4 is 9.62 Å². The molecule has 1 unspecified atom stereocenters. The molecular weight excluding hydrogens is 665 g/mol. The Hall–Kier alpha value is -3.56. The molecule has 0 bridgehead atoms. The number of carbonyl (C=O) groups is 2. The Morgan fingerprint density at radius 3 is 2.07 bits per heavy atom. The highest BCUT2D eigenvalue weighted by Crippen LogP contribution is 2.30. The maximum Gasteiger partial charge on any atom is 0.264 e. The normalized spacial score (nSPS) is 11.9. The fraction of sp³-hybridized carbons (Fsp3) is 0.257. The molecule has 4 aromatic carbocycles. The van der Waals surface area contributed by atoms with Gasteiger partial charge in [0.25, 0.3) is 10.0 Å². The monoisotopic (exact) mass is 699 g/mol. The first-order valence-electron chi connectivity index (χ1n) is 14.9. The van der Waals surface area contributed by atoms with Crippen molar-refractivity contribution < 1.29 is 18.0 Å². The number of aryl methyl sites for hydroxylation is 1. The SMILES string of the molecule is CCCCNC(=O)C(Cc1ccccc1)N(Cc1c(Cl)cccc1Cl)C(=O)CN(c1ccc(C)c(Cl)c1)S(=O)(=O)c1ccccc1. The van der Waals surface area contributed by atoms with Crippen LogP contribution in [0.1, 0.15) is 36.5 Å². The van der Waals surface area contributed by atoms with Gasteiger partial charge in [-0.1, -0.05) is 109 Å². The number of nitrogens with one attached hydrogen (secondary N) is 1. The second-order valence-corrected chi connectivity index (χ2v) is 13.9. The predicted octanol–water partition coefficient (Wildman–Crippen LogP) is 7.71. The van der Waals surface area contributed by atoms with Gasteiger partial charge in [0.05, 0.1) is 10.6 Å². The van der Waals surface area contributed by atoms with Gasteiger partial charge >= 0.3 is 0 Å². The minimum Gasteiger partial charge on any atom is -0.354 e. The summed E-state index contributed by atoms with van der Waals surface area (Å²) in [4.78, 5) is 29.8. The predicted molar refractivity (Wildman–Crippen MR) is 186 cm³/mol. The van der Waals surface area contributed by atoms with Crippen LogP contribution in [0.3, 0.4) is 0 Å². The molecule has 1 atom stereocenters. The van der Waals surface area contributed by atoms with E-state index in [2.05, 4.69) is 5.32 Å². The first-order valence-corrected chi connectivity index (χ1v) is 17.5. The van der Waals surface area contributed by atoms with Gasteiger partial charge in [0.15, 0.2) is 0 Å². The topological polar surface area (TPSA) is 86.8 Å². The summed E-state index contributed by atoms with van der Waals surface area (Å²) in [6.45, 7) is 3.48. The molecule has 0 spiro atoms. The van der Waals surface area contributed by atoms with E-state index in [1.807, 2.05) is 37.3 Å². The molecule has 11 heteroatoms. The van der Waals surface area contributed by atoms with Crippen LogP contribution in [0.2, 0.25) is 15.1 Å². The number of hydrogen-bond acceptors (Lipinski definition) is 4. The van der Waals surface area contributed by atoms with Gasteiger partial charge in [0.2, 0.25) is 11.8 Å². The number of anilines is 1. The molecule has 0 aliphatic heterocycles. The first-order chi connectivity index (χ1) is 22.0. The Balaban J connectivity index is 1.83. The number of nitrogens with zero attached hydrogens (tertiary/aromatic N) is 2. The zero-order chi connectivity index (χ0) is 33.3. The van der Waals surface area contributed by atoms with Crippen molar-refractivity contribution in [2.24, 2.45) is 0 Å². The number of unbranched alkanes of at least 4 members (excludes halogenated alkanes) is 1. The fourth-order valence-electron chi connectivity index (χ4n) is 4.90. The Kier molecular flexibility index (Phi) is 12.5. The maximum absolute atomic E-state index is 14.6. The van der Waals surface area contributed by atoms with Gasteiger partial charge in [-0.3, -0.25) is 13.9 Å². The van der Waals surface area contributed by atoms with Crippen LogP contribution in [0, 0.1) is 6.92 Å². The van der Waals surface area contributed by atoms with Crippen molar-refractivity contribution in [3.8, 4) is 0 Å². The summed E-state index contributed by atoms with van der Waals surface area (Å²) >= 11 is 19.6. The molecule has 242 valence electrons. The van der Waals surface area contributed by atoms with Gasteiger partial charge in [-0.25, -0.2) is 8.42 Å². The van der Waals surface area contributed by atoms with Crippen LogP contribution in [0.25, 0.3) is 0 Å². The van der Waals surface area contributed by atoms with Crippen molar-refractivity contribution in [2.45, 2.75) is 50.6 Å². The highest BCUT2D eigenvalue weighted by Gasteiger charge is 2.35. The number of amides is 2. The van der Waals surface area contributed by atoms with E-state index in [-0.39, 0.29) is 29.5 Å². The van der Waals surface area contributed by atoms with Gasteiger partial charge in [0.1, 0.15) is 12.6 Å². The van der Waals surface area contributed by atoms with E-state index in [1.165, 1.54) is 23.1 Å². The van der Waals surface area contributed by atoms with Crippen LogP contribution >= 0.6 is 34.8 Å². The summed E-state index contributed by atoms with van der Waals surface area (Å²) < 4.78 is 29.2. The number of halogens is 3. The molecule has 0 radical (unpaired) electrons.